The van der Waals surface area contributed by atoms with Gasteiger partial charge in [0.05, 0.1) is 10.2 Å². The first kappa shape index (κ1) is 13.8. The molecule has 0 saturated carbocycles. The van der Waals surface area contributed by atoms with Gasteiger partial charge >= 0.3 is 0 Å². The average molecular weight is 323 g/mol. The van der Waals surface area contributed by atoms with Crippen LogP contribution in [0.15, 0.2) is 36.4 Å². The first-order valence-electron chi connectivity index (χ1n) is 5.89. The molecule has 1 amide bonds. The Hall–Kier alpha value is -2.18. The van der Waals surface area contributed by atoms with E-state index in [0.29, 0.717) is 15.7 Å². The lowest BCUT2D eigenvalue weighted by atomic mass is 10.2. The molecule has 0 saturated heterocycles. The molecule has 1 heterocycles. The smallest absolute Gasteiger partial charge is 0.264 e. The summed E-state index contributed by atoms with van der Waals surface area (Å²) < 4.78 is 14.4. The van der Waals surface area contributed by atoms with Crippen molar-refractivity contribution in [2.24, 2.45) is 0 Å². The minimum absolute atomic E-state index is 0.305. The van der Waals surface area contributed by atoms with Gasteiger partial charge in [0.15, 0.2) is 5.13 Å². The molecule has 2 N–H and O–H groups in total. The van der Waals surface area contributed by atoms with E-state index in [-0.39, 0.29) is 0 Å². The van der Waals surface area contributed by atoms with E-state index in [1.165, 1.54) is 23.5 Å². The first-order chi connectivity index (χ1) is 10.0. The summed E-state index contributed by atoms with van der Waals surface area (Å²) in [5.74, 6) is -1.97. The fraction of sp³-hybridized carbons (Fsp3) is 0. The highest BCUT2D eigenvalue weighted by atomic mass is 35.5. The van der Waals surface area contributed by atoms with Gasteiger partial charge < -0.3 is 5.11 Å². The predicted octanol–water partition coefficient (Wildman–Crippen LogP) is 4.05. The fourth-order valence-electron chi connectivity index (χ4n) is 1.85. The molecule has 106 valence electrons. The molecule has 0 unspecified atom stereocenters. The van der Waals surface area contributed by atoms with Crippen LogP contribution in [0.3, 0.4) is 0 Å². The van der Waals surface area contributed by atoms with Crippen LogP contribution in [0, 0.1) is 5.82 Å². The number of thiazole rings is 1. The summed E-state index contributed by atoms with van der Waals surface area (Å²) in [6.07, 6.45) is 0. The Kier molecular flexibility index (Phi) is 3.48. The summed E-state index contributed by atoms with van der Waals surface area (Å²) in [5, 5.41) is 12.9. The van der Waals surface area contributed by atoms with Crippen LogP contribution < -0.4 is 5.32 Å². The normalized spacial score (nSPS) is 10.8. The Bertz CT molecular complexity index is 830. The number of aromatic nitrogens is 1. The Morgan fingerprint density at radius 2 is 2.14 bits per heavy atom. The van der Waals surface area contributed by atoms with E-state index in [1.54, 1.807) is 18.2 Å². The number of phenolic OH excluding ortho intramolecular Hbond substituents is 1. The van der Waals surface area contributed by atoms with Crippen molar-refractivity contribution >= 4 is 44.2 Å². The predicted molar refractivity (Wildman–Crippen MR) is 80.6 cm³/mol. The molecule has 0 spiro atoms. The van der Waals surface area contributed by atoms with Gasteiger partial charge in [-0.2, -0.15) is 0 Å². The van der Waals surface area contributed by atoms with E-state index in [2.05, 4.69) is 10.3 Å². The molecular formula is C14H8ClFN2O2S. The second kappa shape index (κ2) is 5.31. The van der Waals surface area contributed by atoms with Crippen molar-refractivity contribution in [3.63, 3.8) is 0 Å². The first-order valence-corrected chi connectivity index (χ1v) is 7.09. The van der Waals surface area contributed by atoms with E-state index in [0.717, 1.165) is 10.8 Å². The number of aromatic hydroxyl groups is 1. The molecular weight excluding hydrogens is 315 g/mol. The number of amides is 1. The Morgan fingerprint density at radius 3 is 2.90 bits per heavy atom. The van der Waals surface area contributed by atoms with Gasteiger partial charge in [0.25, 0.3) is 5.91 Å². The summed E-state index contributed by atoms with van der Waals surface area (Å²) in [4.78, 5) is 16.2. The fourth-order valence-corrected chi connectivity index (χ4v) is 2.99. The second-order valence-corrected chi connectivity index (χ2v) is 5.69. The quantitative estimate of drug-likeness (QED) is 0.748. The van der Waals surface area contributed by atoms with Gasteiger partial charge in [0.1, 0.15) is 17.1 Å². The van der Waals surface area contributed by atoms with Gasteiger partial charge in [-0.3, -0.25) is 10.1 Å². The van der Waals surface area contributed by atoms with E-state index in [9.17, 15) is 14.3 Å². The SMILES string of the molecule is O=C(Nc1nc2ccc(Cl)cc2s1)c1c(O)cccc1F. The lowest BCUT2D eigenvalue weighted by Crippen LogP contribution is -2.13. The lowest BCUT2D eigenvalue weighted by molar-refractivity contribution is 0.102. The summed E-state index contributed by atoms with van der Waals surface area (Å²) >= 11 is 7.09. The highest BCUT2D eigenvalue weighted by molar-refractivity contribution is 7.22. The molecule has 1 aromatic heterocycles. The Labute approximate surface area is 127 Å². The van der Waals surface area contributed by atoms with Crippen LogP contribution in [0.25, 0.3) is 10.2 Å². The average Bonchev–Trinajstić information content (AvgIpc) is 2.79. The third-order valence-corrected chi connectivity index (χ3v) is 3.96. The lowest BCUT2D eigenvalue weighted by Gasteiger charge is -2.04. The molecule has 2 aromatic carbocycles. The number of benzene rings is 2. The summed E-state index contributed by atoms with van der Waals surface area (Å²) in [5.41, 5.74) is 0.271. The van der Waals surface area contributed by atoms with Crippen LogP contribution >= 0.6 is 22.9 Å². The zero-order chi connectivity index (χ0) is 15.0. The highest BCUT2D eigenvalue weighted by Crippen LogP contribution is 2.29. The van der Waals surface area contributed by atoms with E-state index < -0.39 is 23.0 Å². The topological polar surface area (TPSA) is 62.2 Å². The van der Waals surface area contributed by atoms with E-state index in [4.69, 9.17) is 11.6 Å². The van der Waals surface area contributed by atoms with Gasteiger partial charge in [-0.25, -0.2) is 9.37 Å². The molecule has 0 bridgehead atoms. The molecule has 0 atom stereocenters. The van der Waals surface area contributed by atoms with Crippen LogP contribution in [-0.4, -0.2) is 16.0 Å². The molecule has 3 aromatic rings. The van der Waals surface area contributed by atoms with Crippen molar-refractivity contribution in [3.05, 3.63) is 52.8 Å². The molecule has 0 aliphatic carbocycles. The van der Waals surface area contributed by atoms with Crippen LogP contribution in [0.1, 0.15) is 10.4 Å². The number of carbonyl (C=O) groups is 1. The summed E-state index contributed by atoms with van der Waals surface area (Å²) in [6, 6.07) is 8.82. The van der Waals surface area contributed by atoms with Crippen molar-refractivity contribution in [1.29, 1.82) is 0 Å². The molecule has 7 heteroatoms. The third kappa shape index (κ3) is 2.68. The third-order valence-electron chi connectivity index (χ3n) is 2.79. The molecule has 3 rings (SSSR count). The maximum absolute atomic E-state index is 13.6. The number of hydrogen-bond acceptors (Lipinski definition) is 4. The molecule has 0 fully saturated rings. The Morgan fingerprint density at radius 1 is 1.33 bits per heavy atom. The summed E-state index contributed by atoms with van der Waals surface area (Å²) in [7, 11) is 0. The number of phenols is 1. The molecule has 0 radical (unpaired) electrons. The number of carbonyl (C=O) groups excluding carboxylic acids is 1. The van der Waals surface area contributed by atoms with Crippen molar-refractivity contribution in [3.8, 4) is 5.75 Å². The molecule has 21 heavy (non-hydrogen) atoms. The van der Waals surface area contributed by atoms with Crippen LogP contribution in [-0.2, 0) is 0 Å². The van der Waals surface area contributed by atoms with Crippen molar-refractivity contribution < 1.29 is 14.3 Å². The number of nitrogens with one attached hydrogen (secondary N) is 1. The monoisotopic (exact) mass is 322 g/mol. The van der Waals surface area contributed by atoms with Crippen LogP contribution in [0.2, 0.25) is 5.02 Å². The summed E-state index contributed by atoms with van der Waals surface area (Å²) in [6.45, 7) is 0. The number of rotatable bonds is 2. The number of fused-ring (bicyclic) bond motifs is 1. The zero-order valence-electron chi connectivity index (χ0n) is 10.4. The van der Waals surface area contributed by atoms with Crippen molar-refractivity contribution in [1.82, 2.24) is 4.98 Å². The van der Waals surface area contributed by atoms with Gasteiger partial charge in [-0.05, 0) is 30.3 Å². The van der Waals surface area contributed by atoms with Gasteiger partial charge in [0.2, 0.25) is 0 Å². The number of halogens is 2. The van der Waals surface area contributed by atoms with Crippen LogP contribution in [0.4, 0.5) is 9.52 Å². The standard InChI is InChI=1S/C14H8ClFN2O2S/c15-7-4-5-9-11(6-7)21-14(17-9)18-13(20)12-8(16)2-1-3-10(12)19/h1-6,19H,(H,17,18,20). The van der Waals surface area contributed by atoms with E-state index >= 15 is 0 Å². The minimum Gasteiger partial charge on any atom is -0.507 e. The number of anilines is 1. The van der Waals surface area contributed by atoms with Crippen molar-refractivity contribution in [2.75, 3.05) is 5.32 Å². The van der Waals surface area contributed by atoms with Crippen LogP contribution in [0.5, 0.6) is 5.75 Å². The largest absolute Gasteiger partial charge is 0.507 e. The molecule has 0 aliphatic rings. The van der Waals surface area contributed by atoms with Gasteiger partial charge in [-0.1, -0.05) is 29.0 Å². The number of hydrogen-bond donors (Lipinski definition) is 2. The maximum Gasteiger partial charge on any atom is 0.264 e. The highest BCUT2D eigenvalue weighted by Gasteiger charge is 2.18. The van der Waals surface area contributed by atoms with Gasteiger partial charge in [0, 0.05) is 5.02 Å². The maximum atomic E-state index is 13.6. The van der Waals surface area contributed by atoms with Gasteiger partial charge in [-0.15, -0.1) is 0 Å². The van der Waals surface area contributed by atoms with Crippen molar-refractivity contribution in [2.45, 2.75) is 0 Å². The molecule has 4 nitrogen and oxygen atoms in total. The molecule has 0 aliphatic heterocycles. The minimum atomic E-state index is -0.795. The van der Waals surface area contributed by atoms with E-state index in [1.807, 2.05) is 0 Å². The zero-order valence-corrected chi connectivity index (χ0v) is 12.0. The number of nitrogens with zero attached hydrogens (tertiary/aromatic N) is 1. The second-order valence-electron chi connectivity index (χ2n) is 4.22. The Balaban J connectivity index is 1.93.